The molecule has 138 valence electrons. The van der Waals surface area contributed by atoms with Crippen molar-refractivity contribution in [2.75, 3.05) is 0 Å². The number of halogens is 1. The molecule has 0 unspecified atom stereocenters. The second-order valence-corrected chi connectivity index (χ2v) is 6.53. The number of rotatable bonds is 6. The molecule has 3 nitrogen and oxygen atoms in total. The Morgan fingerprint density at radius 1 is 1.00 bits per heavy atom. The summed E-state index contributed by atoms with van der Waals surface area (Å²) in [5.41, 5.74) is 5.22. The Balaban J connectivity index is 1.69. The molecule has 0 aliphatic heterocycles. The van der Waals surface area contributed by atoms with Crippen molar-refractivity contribution in [3.05, 3.63) is 114 Å². The molecule has 4 rings (SSSR count). The van der Waals surface area contributed by atoms with E-state index >= 15 is 0 Å². The van der Waals surface area contributed by atoms with Crippen LogP contribution in [0.1, 0.15) is 17.0 Å². The van der Waals surface area contributed by atoms with Gasteiger partial charge in [-0.05, 0) is 41.5 Å². The number of benzene rings is 3. The maximum absolute atomic E-state index is 13.7. The number of hydrogen-bond donors (Lipinski definition) is 2. The molecule has 0 fully saturated rings. The highest BCUT2D eigenvalue weighted by atomic mass is 19.1. The van der Waals surface area contributed by atoms with Gasteiger partial charge in [-0.3, -0.25) is 0 Å². The van der Waals surface area contributed by atoms with Gasteiger partial charge in [-0.25, -0.2) is 9.37 Å². The molecule has 0 saturated heterocycles. The maximum atomic E-state index is 13.7. The van der Waals surface area contributed by atoms with Crippen molar-refractivity contribution >= 4 is 22.7 Å². The van der Waals surface area contributed by atoms with Gasteiger partial charge in [-0.1, -0.05) is 61.2 Å². The van der Waals surface area contributed by atoms with Crippen LogP contribution in [0.5, 0.6) is 0 Å². The molecule has 4 heteroatoms. The van der Waals surface area contributed by atoms with Crippen molar-refractivity contribution in [3.8, 4) is 0 Å². The molecule has 0 radical (unpaired) electrons. The predicted molar refractivity (Wildman–Crippen MR) is 113 cm³/mol. The summed E-state index contributed by atoms with van der Waals surface area (Å²) >= 11 is 0. The largest absolute Gasteiger partial charge is 0.381 e. The van der Waals surface area contributed by atoms with E-state index in [1.165, 1.54) is 12.1 Å². The second-order valence-electron chi connectivity index (χ2n) is 6.53. The van der Waals surface area contributed by atoms with E-state index in [4.69, 9.17) is 0 Å². The molecule has 0 spiro atoms. The van der Waals surface area contributed by atoms with E-state index in [0.717, 1.165) is 27.7 Å². The van der Waals surface area contributed by atoms with Crippen LogP contribution in [0, 0.1) is 5.82 Å². The van der Waals surface area contributed by atoms with E-state index in [1.807, 2.05) is 54.6 Å². The summed E-state index contributed by atoms with van der Waals surface area (Å²) < 4.78 is 13.7. The molecular formula is C24H20FN3. The zero-order chi connectivity index (χ0) is 19.3. The first-order valence-electron chi connectivity index (χ1n) is 9.08. The second kappa shape index (κ2) is 7.92. The van der Waals surface area contributed by atoms with E-state index in [2.05, 4.69) is 34.0 Å². The Bertz CT molecular complexity index is 1110. The summed E-state index contributed by atoms with van der Waals surface area (Å²) in [5.74, 6) is 0.414. The fraction of sp³-hybridized carbons (Fsp3) is 0.0417. The molecule has 0 saturated carbocycles. The summed E-state index contributed by atoms with van der Waals surface area (Å²) in [6, 6.07) is 24.4. The molecule has 0 atom stereocenters. The minimum Gasteiger partial charge on any atom is -0.381 e. The Hall–Kier alpha value is -3.66. The zero-order valence-electron chi connectivity index (χ0n) is 15.3. The Labute approximate surface area is 163 Å². The van der Waals surface area contributed by atoms with Crippen LogP contribution in [-0.4, -0.2) is 9.97 Å². The van der Waals surface area contributed by atoms with Gasteiger partial charge < -0.3 is 10.3 Å². The van der Waals surface area contributed by atoms with Crippen LogP contribution in [0.25, 0.3) is 22.7 Å². The first-order chi connectivity index (χ1) is 13.7. The first kappa shape index (κ1) is 17.7. The highest BCUT2D eigenvalue weighted by Gasteiger charge is 2.12. The first-order valence-corrected chi connectivity index (χ1v) is 9.08. The maximum Gasteiger partial charge on any atom is 0.140 e. The third kappa shape index (κ3) is 4.01. The van der Waals surface area contributed by atoms with Crippen molar-refractivity contribution in [3.63, 3.8) is 0 Å². The number of aromatic amines is 1. The van der Waals surface area contributed by atoms with Crippen molar-refractivity contribution in [1.29, 1.82) is 0 Å². The quantitative estimate of drug-likeness (QED) is 0.438. The highest BCUT2D eigenvalue weighted by Crippen LogP contribution is 2.24. The molecule has 3 aromatic carbocycles. The van der Waals surface area contributed by atoms with Gasteiger partial charge in [-0.15, -0.1) is 0 Å². The minimum absolute atomic E-state index is 0.277. The molecule has 1 heterocycles. The van der Waals surface area contributed by atoms with Crippen LogP contribution in [-0.2, 0) is 6.54 Å². The molecule has 2 N–H and O–H groups in total. The number of H-pyrrole nitrogens is 1. The van der Waals surface area contributed by atoms with Gasteiger partial charge >= 0.3 is 0 Å². The standard InChI is InChI=1S/C24H20FN3/c1-17(26-16-18-8-3-2-4-9-18)21(15-19-10-7-11-20(25)14-19)24-27-22-12-5-6-13-23(22)28-24/h2-15,26H,1,16H2,(H,27,28)/b21-15-. The summed E-state index contributed by atoms with van der Waals surface area (Å²) in [7, 11) is 0. The molecule has 28 heavy (non-hydrogen) atoms. The summed E-state index contributed by atoms with van der Waals surface area (Å²) in [6.45, 7) is 4.84. The van der Waals surface area contributed by atoms with Crippen LogP contribution in [0.3, 0.4) is 0 Å². The molecule has 0 aliphatic rings. The lowest BCUT2D eigenvalue weighted by molar-refractivity contribution is 0.627. The van der Waals surface area contributed by atoms with Crippen molar-refractivity contribution in [2.45, 2.75) is 6.54 Å². The molecule has 4 aromatic rings. The number of nitrogens with one attached hydrogen (secondary N) is 2. The zero-order valence-corrected chi connectivity index (χ0v) is 15.3. The van der Waals surface area contributed by atoms with Gasteiger partial charge in [-0.2, -0.15) is 0 Å². The molecule has 0 aliphatic carbocycles. The lowest BCUT2D eigenvalue weighted by atomic mass is 10.1. The smallest absolute Gasteiger partial charge is 0.140 e. The van der Waals surface area contributed by atoms with E-state index in [0.29, 0.717) is 18.1 Å². The van der Waals surface area contributed by atoms with Crippen LogP contribution in [0.15, 0.2) is 91.1 Å². The van der Waals surface area contributed by atoms with Gasteiger partial charge in [0, 0.05) is 17.8 Å². The third-order valence-corrected chi connectivity index (χ3v) is 4.48. The average molecular weight is 369 g/mol. The number of hydrogen-bond acceptors (Lipinski definition) is 2. The van der Waals surface area contributed by atoms with Crippen LogP contribution < -0.4 is 5.32 Å². The fourth-order valence-corrected chi connectivity index (χ4v) is 3.04. The summed E-state index contributed by atoms with van der Waals surface area (Å²) in [6.07, 6.45) is 1.89. The van der Waals surface area contributed by atoms with Crippen molar-refractivity contribution < 1.29 is 4.39 Å². The molecule has 1 aromatic heterocycles. The number of nitrogens with zero attached hydrogens (tertiary/aromatic N) is 1. The number of imidazole rings is 1. The number of para-hydroxylation sites is 2. The Kier molecular flexibility index (Phi) is 5.02. The highest BCUT2D eigenvalue weighted by molar-refractivity contribution is 5.90. The van der Waals surface area contributed by atoms with Crippen LogP contribution in [0.4, 0.5) is 4.39 Å². The van der Waals surface area contributed by atoms with Crippen molar-refractivity contribution in [1.82, 2.24) is 15.3 Å². The monoisotopic (exact) mass is 369 g/mol. The SMILES string of the molecule is C=C(NCc1ccccc1)/C(=C/c1cccc(F)c1)c1nc2ccccc2[nH]1. The molecule has 0 amide bonds. The molecule has 0 bridgehead atoms. The normalized spacial score (nSPS) is 11.5. The van der Waals surface area contributed by atoms with Gasteiger partial charge in [0.1, 0.15) is 11.6 Å². The van der Waals surface area contributed by atoms with Crippen LogP contribution in [0.2, 0.25) is 0 Å². The van der Waals surface area contributed by atoms with E-state index < -0.39 is 0 Å². The number of allylic oxidation sites excluding steroid dienone is 1. The number of fused-ring (bicyclic) bond motifs is 1. The van der Waals surface area contributed by atoms with Crippen molar-refractivity contribution in [2.24, 2.45) is 0 Å². The van der Waals surface area contributed by atoms with Crippen LogP contribution >= 0.6 is 0 Å². The minimum atomic E-state index is -0.277. The van der Waals surface area contributed by atoms with Gasteiger partial charge in [0.2, 0.25) is 0 Å². The van der Waals surface area contributed by atoms with Gasteiger partial charge in [0.05, 0.1) is 11.0 Å². The van der Waals surface area contributed by atoms with Gasteiger partial charge in [0.25, 0.3) is 0 Å². The fourth-order valence-electron chi connectivity index (χ4n) is 3.04. The van der Waals surface area contributed by atoms with E-state index in [1.54, 1.807) is 6.07 Å². The topological polar surface area (TPSA) is 40.7 Å². The average Bonchev–Trinajstić information content (AvgIpc) is 3.15. The lowest BCUT2D eigenvalue weighted by Gasteiger charge is -2.12. The number of aromatic nitrogens is 2. The summed E-state index contributed by atoms with van der Waals surface area (Å²) in [5, 5.41) is 3.36. The Morgan fingerprint density at radius 3 is 2.57 bits per heavy atom. The Morgan fingerprint density at radius 2 is 1.79 bits per heavy atom. The molecular weight excluding hydrogens is 349 g/mol. The lowest BCUT2D eigenvalue weighted by Crippen LogP contribution is -2.13. The van der Waals surface area contributed by atoms with Gasteiger partial charge in [0.15, 0.2) is 0 Å². The third-order valence-electron chi connectivity index (χ3n) is 4.48. The summed E-state index contributed by atoms with van der Waals surface area (Å²) in [4.78, 5) is 8.02. The van der Waals surface area contributed by atoms with E-state index in [9.17, 15) is 4.39 Å². The predicted octanol–water partition coefficient (Wildman–Crippen LogP) is 5.55. The van der Waals surface area contributed by atoms with E-state index in [-0.39, 0.29) is 5.82 Å².